The van der Waals surface area contributed by atoms with Gasteiger partial charge in [-0.2, -0.15) is 0 Å². The lowest BCUT2D eigenvalue weighted by atomic mass is 10.0. The lowest BCUT2D eigenvalue weighted by molar-refractivity contribution is -0.130. The van der Waals surface area contributed by atoms with Gasteiger partial charge in [0.1, 0.15) is 0 Å². The maximum atomic E-state index is 12.2. The Morgan fingerprint density at radius 2 is 2.05 bits per heavy atom. The van der Waals surface area contributed by atoms with Crippen LogP contribution in [0.25, 0.3) is 0 Å². The SMILES string of the molecule is CN(Cc1csc(Br)c1)C(=O)CC(N)c1ccccc1.Cl. The molecule has 2 aromatic rings. The van der Waals surface area contributed by atoms with Gasteiger partial charge < -0.3 is 10.6 Å². The summed E-state index contributed by atoms with van der Waals surface area (Å²) in [5, 5.41) is 2.05. The molecule has 0 aliphatic rings. The largest absolute Gasteiger partial charge is 0.341 e. The molecule has 2 N–H and O–H groups in total. The van der Waals surface area contributed by atoms with Crippen molar-refractivity contribution >= 4 is 45.6 Å². The van der Waals surface area contributed by atoms with Crippen LogP contribution in [0.1, 0.15) is 23.6 Å². The Hall–Kier alpha value is -0.880. The van der Waals surface area contributed by atoms with E-state index in [9.17, 15) is 4.79 Å². The van der Waals surface area contributed by atoms with E-state index in [4.69, 9.17) is 5.73 Å². The van der Waals surface area contributed by atoms with Crippen LogP contribution in [0.3, 0.4) is 0 Å². The molecule has 0 bridgehead atoms. The Labute approximate surface area is 143 Å². The highest BCUT2D eigenvalue weighted by atomic mass is 79.9. The van der Waals surface area contributed by atoms with Crippen LogP contribution in [0.2, 0.25) is 0 Å². The van der Waals surface area contributed by atoms with Crippen molar-refractivity contribution in [3.05, 3.63) is 56.7 Å². The molecule has 0 saturated carbocycles. The average molecular weight is 390 g/mol. The second kappa shape index (κ2) is 8.54. The summed E-state index contributed by atoms with van der Waals surface area (Å²) in [6, 6.07) is 11.5. The van der Waals surface area contributed by atoms with Gasteiger partial charge in [-0.3, -0.25) is 4.79 Å². The van der Waals surface area contributed by atoms with Crippen molar-refractivity contribution in [2.24, 2.45) is 5.73 Å². The van der Waals surface area contributed by atoms with Crippen LogP contribution < -0.4 is 5.73 Å². The quantitative estimate of drug-likeness (QED) is 0.840. The first-order valence-electron chi connectivity index (χ1n) is 6.33. The van der Waals surface area contributed by atoms with Crippen molar-refractivity contribution < 1.29 is 4.79 Å². The maximum absolute atomic E-state index is 12.2. The first kappa shape index (κ1) is 18.2. The summed E-state index contributed by atoms with van der Waals surface area (Å²) in [7, 11) is 1.81. The fourth-order valence-corrected chi connectivity index (χ4v) is 3.15. The molecule has 1 atom stereocenters. The van der Waals surface area contributed by atoms with Gasteiger partial charge in [-0.1, -0.05) is 30.3 Å². The fraction of sp³-hybridized carbons (Fsp3) is 0.267. The molecule has 1 unspecified atom stereocenters. The van der Waals surface area contributed by atoms with Crippen molar-refractivity contribution in [2.45, 2.75) is 19.0 Å². The number of nitrogens with two attached hydrogens (primary N) is 1. The number of halogens is 2. The summed E-state index contributed by atoms with van der Waals surface area (Å²) < 4.78 is 1.08. The number of hydrogen-bond donors (Lipinski definition) is 1. The van der Waals surface area contributed by atoms with E-state index in [1.807, 2.05) is 48.8 Å². The Kier molecular flexibility index (Phi) is 7.39. The van der Waals surface area contributed by atoms with E-state index >= 15 is 0 Å². The topological polar surface area (TPSA) is 46.3 Å². The summed E-state index contributed by atoms with van der Waals surface area (Å²) in [5.41, 5.74) is 8.20. The Bertz CT molecular complexity index is 576. The van der Waals surface area contributed by atoms with E-state index in [0.29, 0.717) is 13.0 Å². The predicted molar refractivity (Wildman–Crippen MR) is 93.7 cm³/mol. The first-order valence-corrected chi connectivity index (χ1v) is 8.01. The molecule has 1 aromatic carbocycles. The zero-order chi connectivity index (χ0) is 14.5. The molecule has 0 saturated heterocycles. The van der Waals surface area contributed by atoms with Gasteiger partial charge in [0.05, 0.1) is 3.79 Å². The number of nitrogens with zero attached hydrogens (tertiary/aromatic N) is 1. The van der Waals surface area contributed by atoms with Gasteiger partial charge in [0.25, 0.3) is 0 Å². The molecule has 0 radical (unpaired) electrons. The zero-order valence-corrected chi connectivity index (χ0v) is 14.9. The number of hydrogen-bond acceptors (Lipinski definition) is 3. The zero-order valence-electron chi connectivity index (χ0n) is 11.7. The fourth-order valence-electron chi connectivity index (χ4n) is 1.95. The van der Waals surface area contributed by atoms with Crippen LogP contribution in [-0.4, -0.2) is 17.9 Å². The minimum atomic E-state index is -0.250. The minimum Gasteiger partial charge on any atom is -0.341 e. The third-order valence-electron chi connectivity index (χ3n) is 3.09. The van der Waals surface area contributed by atoms with Crippen LogP contribution in [0, 0.1) is 0 Å². The highest BCUT2D eigenvalue weighted by Gasteiger charge is 2.15. The minimum absolute atomic E-state index is 0. The molecule has 0 aliphatic heterocycles. The monoisotopic (exact) mass is 388 g/mol. The number of amides is 1. The molecule has 0 spiro atoms. The normalized spacial score (nSPS) is 11.6. The lowest BCUT2D eigenvalue weighted by Gasteiger charge is -2.19. The van der Waals surface area contributed by atoms with Crippen molar-refractivity contribution in [2.75, 3.05) is 7.05 Å². The van der Waals surface area contributed by atoms with Crippen molar-refractivity contribution in [1.82, 2.24) is 4.90 Å². The van der Waals surface area contributed by atoms with E-state index in [0.717, 1.165) is 14.9 Å². The summed E-state index contributed by atoms with van der Waals surface area (Å²) >= 11 is 5.05. The van der Waals surface area contributed by atoms with Crippen molar-refractivity contribution in [3.8, 4) is 0 Å². The second-order valence-corrected chi connectivity index (χ2v) is 7.02. The summed E-state index contributed by atoms with van der Waals surface area (Å²) in [6.07, 6.45) is 0.325. The van der Waals surface area contributed by atoms with Crippen molar-refractivity contribution in [1.29, 1.82) is 0 Å². The van der Waals surface area contributed by atoms with E-state index in [1.165, 1.54) is 0 Å². The van der Waals surface area contributed by atoms with E-state index < -0.39 is 0 Å². The molecule has 1 amide bonds. The molecule has 114 valence electrons. The summed E-state index contributed by atoms with van der Waals surface area (Å²) in [6.45, 7) is 0.614. The van der Waals surface area contributed by atoms with Crippen LogP contribution in [0.4, 0.5) is 0 Å². The molecule has 6 heteroatoms. The van der Waals surface area contributed by atoms with Crippen LogP contribution in [-0.2, 0) is 11.3 Å². The third kappa shape index (κ3) is 5.43. The molecule has 1 aromatic heterocycles. The highest BCUT2D eigenvalue weighted by Crippen LogP contribution is 2.22. The predicted octanol–water partition coefficient (Wildman–Crippen LogP) is 3.98. The number of thiophene rings is 1. The maximum Gasteiger partial charge on any atom is 0.224 e. The molecule has 0 fully saturated rings. The first-order chi connectivity index (χ1) is 9.56. The van der Waals surface area contributed by atoms with Crippen LogP contribution in [0.5, 0.6) is 0 Å². The van der Waals surface area contributed by atoms with Gasteiger partial charge in [0, 0.05) is 26.1 Å². The van der Waals surface area contributed by atoms with Crippen molar-refractivity contribution in [3.63, 3.8) is 0 Å². The molecule has 21 heavy (non-hydrogen) atoms. The van der Waals surface area contributed by atoms with Gasteiger partial charge in [0.2, 0.25) is 5.91 Å². The molecular formula is C15H18BrClN2OS. The van der Waals surface area contributed by atoms with Gasteiger partial charge in [0.15, 0.2) is 0 Å². The molecule has 1 heterocycles. The van der Waals surface area contributed by atoms with Gasteiger partial charge in [-0.25, -0.2) is 0 Å². The van der Waals surface area contributed by atoms with Crippen LogP contribution >= 0.6 is 39.7 Å². The van der Waals surface area contributed by atoms with Crippen LogP contribution in [0.15, 0.2) is 45.6 Å². The van der Waals surface area contributed by atoms with Gasteiger partial charge in [-0.05, 0) is 38.5 Å². The molecule has 3 nitrogen and oxygen atoms in total. The van der Waals surface area contributed by atoms with Gasteiger partial charge >= 0.3 is 0 Å². The smallest absolute Gasteiger partial charge is 0.224 e. The Balaban J connectivity index is 0.00000220. The van der Waals surface area contributed by atoms with E-state index in [2.05, 4.69) is 15.9 Å². The summed E-state index contributed by atoms with van der Waals surface area (Å²) in [5.74, 6) is 0.0590. The molecule has 0 aliphatic carbocycles. The third-order valence-corrected chi connectivity index (χ3v) is 4.64. The Morgan fingerprint density at radius 1 is 1.38 bits per heavy atom. The van der Waals surface area contributed by atoms with E-state index in [-0.39, 0.29) is 24.4 Å². The molecule has 2 rings (SSSR count). The van der Waals surface area contributed by atoms with Gasteiger partial charge in [-0.15, -0.1) is 23.7 Å². The number of rotatable bonds is 5. The standard InChI is InChI=1S/C15H17BrN2OS.ClH/c1-18(9-11-7-14(16)20-10-11)15(19)8-13(17)12-5-3-2-4-6-12;/h2-7,10,13H,8-9,17H2,1H3;1H. The highest BCUT2D eigenvalue weighted by molar-refractivity contribution is 9.11. The van der Waals surface area contributed by atoms with E-state index in [1.54, 1.807) is 16.2 Å². The second-order valence-electron chi connectivity index (χ2n) is 4.73. The lowest BCUT2D eigenvalue weighted by Crippen LogP contribution is -2.29. The number of carbonyl (C=O) groups excluding carboxylic acids is 1. The number of carbonyl (C=O) groups is 1. The average Bonchev–Trinajstić information content (AvgIpc) is 2.85. The number of benzene rings is 1. The molecular weight excluding hydrogens is 372 g/mol. The Morgan fingerprint density at radius 3 is 2.62 bits per heavy atom. The summed E-state index contributed by atoms with van der Waals surface area (Å²) in [4.78, 5) is 13.9.